The van der Waals surface area contributed by atoms with E-state index in [4.69, 9.17) is 0 Å². The molecule has 3 aromatic rings. The molecule has 0 aliphatic heterocycles. The van der Waals surface area contributed by atoms with E-state index in [-0.39, 0.29) is 10.4 Å². The molecule has 6 heteroatoms. The highest BCUT2D eigenvalue weighted by atomic mass is 32.1. The van der Waals surface area contributed by atoms with E-state index >= 15 is 0 Å². The zero-order chi connectivity index (χ0) is 17.3. The van der Waals surface area contributed by atoms with Crippen LogP contribution in [-0.4, -0.2) is 21.0 Å². The molecule has 0 saturated carbocycles. The molecule has 0 aliphatic rings. The molecule has 0 radical (unpaired) electrons. The Morgan fingerprint density at radius 2 is 2.00 bits per heavy atom. The number of aryl methyl sites for hydroxylation is 2. The number of carbonyl (C=O) groups is 1. The minimum absolute atomic E-state index is 0.152. The number of benzene rings is 1. The van der Waals surface area contributed by atoms with Crippen molar-refractivity contribution in [2.75, 3.05) is 0 Å². The summed E-state index contributed by atoms with van der Waals surface area (Å²) in [5, 5.41) is 9.53. The number of thiophene rings is 1. The molecule has 5 nitrogen and oxygen atoms in total. The minimum Gasteiger partial charge on any atom is -0.477 e. The van der Waals surface area contributed by atoms with Crippen molar-refractivity contribution in [3.8, 4) is 0 Å². The Kier molecular flexibility index (Phi) is 4.31. The summed E-state index contributed by atoms with van der Waals surface area (Å²) in [4.78, 5) is 31.1. The topological polar surface area (TPSA) is 83.0 Å². The Hall–Kier alpha value is -2.73. The maximum absolute atomic E-state index is 12.2. The normalized spacial score (nSPS) is 11.4. The van der Waals surface area contributed by atoms with Crippen LogP contribution in [0.25, 0.3) is 22.4 Å². The van der Waals surface area contributed by atoms with Gasteiger partial charge >= 0.3 is 5.97 Å². The van der Waals surface area contributed by atoms with Gasteiger partial charge in [-0.25, -0.2) is 9.78 Å². The Morgan fingerprint density at radius 1 is 1.29 bits per heavy atom. The van der Waals surface area contributed by atoms with Crippen LogP contribution >= 0.6 is 11.3 Å². The van der Waals surface area contributed by atoms with Crippen LogP contribution in [0.4, 0.5) is 0 Å². The van der Waals surface area contributed by atoms with E-state index in [1.54, 1.807) is 13.0 Å². The minimum atomic E-state index is -1.04. The van der Waals surface area contributed by atoms with Crippen LogP contribution in [0.15, 0.2) is 29.1 Å². The highest BCUT2D eigenvalue weighted by Gasteiger charge is 2.18. The van der Waals surface area contributed by atoms with E-state index in [0.717, 1.165) is 23.3 Å². The van der Waals surface area contributed by atoms with Gasteiger partial charge in [0.05, 0.1) is 5.39 Å². The largest absolute Gasteiger partial charge is 0.477 e. The molecule has 1 aromatic carbocycles. The van der Waals surface area contributed by atoms with Gasteiger partial charge in [0.2, 0.25) is 0 Å². The van der Waals surface area contributed by atoms with E-state index in [0.29, 0.717) is 21.6 Å². The van der Waals surface area contributed by atoms with Crippen molar-refractivity contribution in [1.82, 2.24) is 9.97 Å². The van der Waals surface area contributed by atoms with Gasteiger partial charge in [0.15, 0.2) is 0 Å². The van der Waals surface area contributed by atoms with Gasteiger partial charge < -0.3 is 10.1 Å². The van der Waals surface area contributed by atoms with Crippen LogP contribution in [0.1, 0.15) is 39.1 Å². The lowest BCUT2D eigenvalue weighted by Crippen LogP contribution is -2.09. The predicted molar refractivity (Wildman–Crippen MR) is 96.7 cm³/mol. The average molecular weight is 340 g/mol. The van der Waals surface area contributed by atoms with Crippen molar-refractivity contribution in [3.63, 3.8) is 0 Å². The first-order chi connectivity index (χ1) is 11.5. The van der Waals surface area contributed by atoms with Gasteiger partial charge in [0.25, 0.3) is 5.56 Å². The number of aromatic nitrogens is 2. The number of hydrogen-bond acceptors (Lipinski definition) is 4. The fourth-order valence-corrected chi connectivity index (χ4v) is 3.51. The van der Waals surface area contributed by atoms with Crippen LogP contribution in [0, 0.1) is 6.92 Å². The lowest BCUT2D eigenvalue weighted by Gasteiger charge is -1.98. The molecule has 0 amide bonds. The monoisotopic (exact) mass is 340 g/mol. The molecule has 2 heterocycles. The molecule has 2 aromatic heterocycles. The van der Waals surface area contributed by atoms with E-state index in [2.05, 4.69) is 29.0 Å². The number of aromatic carboxylic acids is 1. The van der Waals surface area contributed by atoms with Crippen molar-refractivity contribution in [2.45, 2.75) is 20.3 Å². The van der Waals surface area contributed by atoms with Gasteiger partial charge in [-0.3, -0.25) is 4.79 Å². The molecular formula is C18H16N2O3S. The second-order valence-corrected chi connectivity index (χ2v) is 6.42. The summed E-state index contributed by atoms with van der Waals surface area (Å²) in [5.74, 6) is -0.631. The Labute approximate surface area is 142 Å². The molecule has 0 fully saturated rings. The Morgan fingerprint density at radius 3 is 2.62 bits per heavy atom. The van der Waals surface area contributed by atoms with Crippen LogP contribution < -0.4 is 5.56 Å². The third-order valence-corrected chi connectivity index (χ3v) is 5.01. The highest BCUT2D eigenvalue weighted by molar-refractivity contribution is 7.20. The number of carboxylic acid groups (broad SMARTS) is 1. The molecule has 0 aliphatic carbocycles. The van der Waals surface area contributed by atoms with Gasteiger partial charge in [-0.15, -0.1) is 11.3 Å². The van der Waals surface area contributed by atoms with Gasteiger partial charge in [0, 0.05) is 0 Å². The lowest BCUT2D eigenvalue weighted by atomic mass is 10.1. The molecule has 0 bridgehead atoms. The van der Waals surface area contributed by atoms with E-state index in [1.165, 1.54) is 5.56 Å². The van der Waals surface area contributed by atoms with Crippen molar-refractivity contribution >= 4 is 39.7 Å². The fourth-order valence-electron chi connectivity index (χ4n) is 2.48. The van der Waals surface area contributed by atoms with Gasteiger partial charge in [-0.2, -0.15) is 0 Å². The number of aromatic amines is 1. The molecule has 24 heavy (non-hydrogen) atoms. The maximum atomic E-state index is 12.2. The first-order valence-electron chi connectivity index (χ1n) is 7.53. The Balaban J connectivity index is 1.99. The number of H-pyrrole nitrogens is 1. The SMILES string of the molecule is CCc1ccc(/C=C/c2nc3sc(C(=O)O)c(C)c3c(=O)[nH]2)cc1. The molecule has 122 valence electrons. The Bertz CT molecular complexity index is 998. The summed E-state index contributed by atoms with van der Waals surface area (Å²) >= 11 is 1.02. The van der Waals surface area contributed by atoms with Crippen molar-refractivity contribution in [2.24, 2.45) is 0 Å². The second kappa shape index (κ2) is 6.41. The van der Waals surface area contributed by atoms with E-state index in [9.17, 15) is 14.7 Å². The summed E-state index contributed by atoms with van der Waals surface area (Å²) in [6.45, 7) is 3.73. The third kappa shape index (κ3) is 3.00. The summed E-state index contributed by atoms with van der Waals surface area (Å²) in [7, 11) is 0. The highest BCUT2D eigenvalue weighted by Crippen LogP contribution is 2.26. The quantitative estimate of drug-likeness (QED) is 0.758. The summed E-state index contributed by atoms with van der Waals surface area (Å²) in [6.07, 6.45) is 4.57. The lowest BCUT2D eigenvalue weighted by molar-refractivity contribution is 0.0701. The van der Waals surface area contributed by atoms with Crippen LogP contribution in [0.3, 0.4) is 0 Å². The van der Waals surface area contributed by atoms with Crippen molar-refractivity contribution in [3.05, 3.63) is 62.0 Å². The third-order valence-electron chi connectivity index (χ3n) is 3.83. The zero-order valence-corrected chi connectivity index (χ0v) is 14.1. The molecule has 3 rings (SSSR count). The number of nitrogens with zero attached hydrogens (tertiary/aromatic N) is 1. The number of hydrogen-bond donors (Lipinski definition) is 2. The van der Waals surface area contributed by atoms with Gasteiger partial charge in [0.1, 0.15) is 15.5 Å². The number of nitrogens with one attached hydrogen (secondary N) is 1. The first kappa shape index (κ1) is 16.1. The van der Waals surface area contributed by atoms with E-state index in [1.807, 2.05) is 18.2 Å². The van der Waals surface area contributed by atoms with Crippen molar-refractivity contribution in [1.29, 1.82) is 0 Å². The molecule has 0 unspecified atom stereocenters. The molecule has 0 saturated heterocycles. The molecular weight excluding hydrogens is 324 g/mol. The standard InChI is InChI=1S/C18H16N2O3S/c1-3-11-4-6-12(7-5-11)8-9-13-19-16(21)14-10(2)15(18(22)23)24-17(14)20-13/h4-9H,3H2,1-2H3,(H,22,23)(H,19,20,21)/b9-8+. The summed E-state index contributed by atoms with van der Waals surface area (Å²) in [6, 6.07) is 8.12. The number of rotatable bonds is 4. The second-order valence-electron chi connectivity index (χ2n) is 5.42. The number of carboxylic acids is 1. The van der Waals surface area contributed by atoms with E-state index < -0.39 is 5.97 Å². The molecule has 2 N–H and O–H groups in total. The summed E-state index contributed by atoms with van der Waals surface area (Å²) in [5.41, 5.74) is 2.41. The summed E-state index contributed by atoms with van der Waals surface area (Å²) < 4.78 is 0. The smallest absolute Gasteiger partial charge is 0.346 e. The van der Waals surface area contributed by atoms with Crippen molar-refractivity contribution < 1.29 is 9.90 Å². The number of fused-ring (bicyclic) bond motifs is 1. The van der Waals surface area contributed by atoms with Gasteiger partial charge in [-0.05, 0) is 36.1 Å². The molecule has 0 spiro atoms. The average Bonchev–Trinajstić information content (AvgIpc) is 2.91. The predicted octanol–water partition coefficient (Wildman–Crippen LogP) is 3.72. The van der Waals surface area contributed by atoms with Crippen LogP contribution in [0.5, 0.6) is 0 Å². The van der Waals surface area contributed by atoms with Gasteiger partial charge in [-0.1, -0.05) is 37.3 Å². The molecule has 0 atom stereocenters. The first-order valence-corrected chi connectivity index (χ1v) is 8.35. The van der Waals surface area contributed by atoms with Crippen LogP contribution in [-0.2, 0) is 6.42 Å². The van der Waals surface area contributed by atoms with Crippen LogP contribution in [0.2, 0.25) is 0 Å². The zero-order valence-electron chi connectivity index (χ0n) is 13.3. The fraction of sp³-hybridized carbons (Fsp3) is 0.167. The maximum Gasteiger partial charge on any atom is 0.346 e.